The molecule has 0 radical (unpaired) electrons. The zero-order chi connectivity index (χ0) is 11.3. The molecule has 0 fully saturated rings. The van der Waals surface area contributed by atoms with Gasteiger partial charge in [0.15, 0.2) is 0 Å². The lowest BCUT2D eigenvalue weighted by Crippen LogP contribution is -2.29. The van der Waals surface area contributed by atoms with Crippen molar-refractivity contribution in [2.24, 2.45) is 11.8 Å². The first-order valence-electron chi connectivity index (χ1n) is 5.12. The Morgan fingerprint density at radius 2 is 1.93 bits per heavy atom. The number of carbonyl (C=O) groups is 1. The van der Waals surface area contributed by atoms with Crippen LogP contribution in [0.1, 0.15) is 13.8 Å². The van der Waals surface area contributed by atoms with Crippen LogP contribution in [0.15, 0.2) is 30.3 Å². The number of para-hydroxylation sites is 1. The second kappa shape index (κ2) is 5.51. The van der Waals surface area contributed by atoms with Gasteiger partial charge in [-0.05, 0) is 18.1 Å². The molecule has 0 aromatic heterocycles. The average Bonchev–Trinajstić information content (AvgIpc) is 2.19. The highest BCUT2D eigenvalue weighted by Gasteiger charge is 2.20. The predicted octanol–water partition coefficient (Wildman–Crippen LogP) is 1.89. The molecule has 0 aliphatic carbocycles. The summed E-state index contributed by atoms with van der Waals surface area (Å²) in [7, 11) is 0. The van der Waals surface area contributed by atoms with Crippen molar-refractivity contribution in [1.29, 1.82) is 0 Å². The predicted molar refractivity (Wildman–Crippen MR) is 60.5 cm³/mol. The van der Waals surface area contributed by atoms with Gasteiger partial charge >= 0.3 is 0 Å². The highest BCUT2D eigenvalue weighted by atomic mass is 16.3. The number of anilines is 1. The van der Waals surface area contributed by atoms with Gasteiger partial charge in [-0.15, -0.1) is 0 Å². The number of carbonyl (C=O) groups excluding carboxylic acids is 1. The number of hydrogen-bond acceptors (Lipinski definition) is 2. The second-order valence-electron chi connectivity index (χ2n) is 3.89. The Balaban J connectivity index is 2.62. The highest BCUT2D eigenvalue weighted by molar-refractivity contribution is 5.92. The van der Waals surface area contributed by atoms with Gasteiger partial charge in [0.05, 0.1) is 12.5 Å². The van der Waals surface area contributed by atoms with Crippen molar-refractivity contribution in [2.75, 3.05) is 11.9 Å². The van der Waals surface area contributed by atoms with Gasteiger partial charge in [0, 0.05) is 5.69 Å². The van der Waals surface area contributed by atoms with Crippen LogP contribution < -0.4 is 5.32 Å². The largest absolute Gasteiger partial charge is 0.396 e. The third-order valence-electron chi connectivity index (χ3n) is 2.38. The van der Waals surface area contributed by atoms with Crippen LogP contribution in [0.3, 0.4) is 0 Å². The van der Waals surface area contributed by atoms with Crippen LogP contribution in [0.5, 0.6) is 0 Å². The summed E-state index contributed by atoms with van der Waals surface area (Å²) < 4.78 is 0. The molecule has 1 rings (SSSR count). The van der Waals surface area contributed by atoms with E-state index in [-0.39, 0.29) is 24.3 Å². The Morgan fingerprint density at radius 1 is 1.33 bits per heavy atom. The molecule has 1 amide bonds. The topological polar surface area (TPSA) is 49.3 Å². The molecule has 0 bridgehead atoms. The van der Waals surface area contributed by atoms with Crippen LogP contribution >= 0.6 is 0 Å². The van der Waals surface area contributed by atoms with Crippen LogP contribution in [-0.4, -0.2) is 17.6 Å². The van der Waals surface area contributed by atoms with E-state index in [9.17, 15) is 4.79 Å². The van der Waals surface area contributed by atoms with E-state index >= 15 is 0 Å². The lowest BCUT2D eigenvalue weighted by atomic mass is 9.96. The van der Waals surface area contributed by atoms with Crippen molar-refractivity contribution < 1.29 is 9.90 Å². The summed E-state index contributed by atoms with van der Waals surface area (Å²) in [4.78, 5) is 11.7. The molecular formula is C12H17NO2. The second-order valence-corrected chi connectivity index (χ2v) is 3.89. The first-order valence-corrected chi connectivity index (χ1v) is 5.12. The van der Waals surface area contributed by atoms with Crippen molar-refractivity contribution in [3.63, 3.8) is 0 Å². The van der Waals surface area contributed by atoms with Gasteiger partial charge in [-0.1, -0.05) is 32.0 Å². The van der Waals surface area contributed by atoms with Crippen molar-refractivity contribution in [3.05, 3.63) is 30.3 Å². The van der Waals surface area contributed by atoms with Gasteiger partial charge in [0.2, 0.25) is 5.91 Å². The third kappa shape index (κ3) is 3.36. The molecule has 1 atom stereocenters. The molecule has 0 aliphatic rings. The number of aliphatic hydroxyl groups excluding tert-OH is 1. The van der Waals surface area contributed by atoms with Crippen LogP contribution in [0.4, 0.5) is 5.69 Å². The summed E-state index contributed by atoms with van der Waals surface area (Å²) in [6, 6.07) is 9.26. The number of amides is 1. The lowest BCUT2D eigenvalue weighted by molar-refractivity contribution is -0.122. The standard InChI is InChI=1S/C12H17NO2/c1-9(2)11(8-14)12(15)13-10-6-4-3-5-7-10/h3-7,9,11,14H,8H2,1-2H3,(H,13,15). The summed E-state index contributed by atoms with van der Waals surface area (Å²) in [5.41, 5.74) is 0.765. The van der Waals surface area contributed by atoms with E-state index in [0.29, 0.717) is 0 Å². The molecule has 3 nitrogen and oxygen atoms in total. The number of rotatable bonds is 4. The van der Waals surface area contributed by atoms with Crippen molar-refractivity contribution in [1.82, 2.24) is 0 Å². The minimum atomic E-state index is -0.342. The van der Waals surface area contributed by atoms with Gasteiger partial charge in [-0.3, -0.25) is 4.79 Å². The molecule has 82 valence electrons. The molecule has 1 aromatic carbocycles. The SMILES string of the molecule is CC(C)C(CO)C(=O)Nc1ccccc1. The van der Waals surface area contributed by atoms with Crippen molar-refractivity contribution in [3.8, 4) is 0 Å². The molecule has 1 unspecified atom stereocenters. The first kappa shape index (κ1) is 11.7. The average molecular weight is 207 g/mol. The summed E-state index contributed by atoms with van der Waals surface area (Å²) in [6.07, 6.45) is 0. The summed E-state index contributed by atoms with van der Waals surface area (Å²) in [5.74, 6) is -0.331. The van der Waals surface area contributed by atoms with E-state index in [1.807, 2.05) is 44.2 Å². The number of aliphatic hydroxyl groups is 1. The van der Waals surface area contributed by atoms with E-state index in [2.05, 4.69) is 5.32 Å². The Morgan fingerprint density at radius 3 is 2.40 bits per heavy atom. The van der Waals surface area contributed by atoms with Gasteiger partial charge in [-0.25, -0.2) is 0 Å². The minimum absolute atomic E-state index is 0.115. The molecule has 3 heteroatoms. The third-order valence-corrected chi connectivity index (χ3v) is 2.38. The quantitative estimate of drug-likeness (QED) is 0.792. The number of benzene rings is 1. The molecular weight excluding hydrogens is 190 g/mol. The number of nitrogens with one attached hydrogen (secondary N) is 1. The maximum absolute atomic E-state index is 11.7. The molecule has 0 saturated heterocycles. The molecule has 15 heavy (non-hydrogen) atoms. The van der Waals surface area contributed by atoms with E-state index < -0.39 is 0 Å². The summed E-state index contributed by atoms with van der Waals surface area (Å²) >= 11 is 0. The Bertz CT molecular complexity index is 309. The Kier molecular flexibility index (Phi) is 4.31. The van der Waals surface area contributed by atoms with Crippen LogP contribution in [0, 0.1) is 11.8 Å². The van der Waals surface area contributed by atoms with Crippen molar-refractivity contribution >= 4 is 11.6 Å². The fraction of sp³-hybridized carbons (Fsp3) is 0.417. The Hall–Kier alpha value is -1.35. The normalized spacial score (nSPS) is 12.5. The van der Waals surface area contributed by atoms with Gasteiger partial charge in [0.25, 0.3) is 0 Å². The van der Waals surface area contributed by atoms with Gasteiger partial charge in [-0.2, -0.15) is 0 Å². The fourth-order valence-electron chi connectivity index (χ4n) is 1.35. The van der Waals surface area contributed by atoms with E-state index in [4.69, 9.17) is 5.11 Å². The fourth-order valence-corrected chi connectivity index (χ4v) is 1.35. The van der Waals surface area contributed by atoms with E-state index in [1.54, 1.807) is 0 Å². The van der Waals surface area contributed by atoms with E-state index in [1.165, 1.54) is 0 Å². The monoisotopic (exact) mass is 207 g/mol. The molecule has 1 aromatic rings. The lowest BCUT2D eigenvalue weighted by Gasteiger charge is -2.17. The number of hydrogen-bond donors (Lipinski definition) is 2. The zero-order valence-electron chi connectivity index (χ0n) is 9.10. The molecule has 0 saturated carbocycles. The minimum Gasteiger partial charge on any atom is -0.396 e. The highest BCUT2D eigenvalue weighted by Crippen LogP contribution is 2.13. The zero-order valence-corrected chi connectivity index (χ0v) is 9.10. The van der Waals surface area contributed by atoms with Crippen molar-refractivity contribution in [2.45, 2.75) is 13.8 Å². The summed E-state index contributed by atoms with van der Waals surface area (Å²) in [6.45, 7) is 3.73. The van der Waals surface area contributed by atoms with Crippen LogP contribution in [0.25, 0.3) is 0 Å². The molecule has 0 heterocycles. The smallest absolute Gasteiger partial charge is 0.230 e. The Labute approximate surface area is 90.1 Å². The molecule has 0 aliphatic heterocycles. The van der Waals surface area contributed by atoms with Gasteiger partial charge in [0.1, 0.15) is 0 Å². The first-order chi connectivity index (χ1) is 7.15. The van der Waals surface area contributed by atoms with Gasteiger partial charge < -0.3 is 10.4 Å². The van der Waals surface area contributed by atoms with Crippen LogP contribution in [0.2, 0.25) is 0 Å². The summed E-state index contributed by atoms with van der Waals surface area (Å²) in [5, 5.41) is 11.9. The van der Waals surface area contributed by atoms with Crippen LogP contribution in [-0.2, 0) is 4.79 Å². The maximum atomic E-state index is 11.7. The maximum Gasteiger partial charge on any atom is 0.230 e. The molecule has 0 spiro atoms. The van der Waals surface area contributed by atoms with E-state index in [0.717, 1.165) is 5.69 Å². The molecule has 2 N–H and O–H groups in total.